The zero-order chi connectivity index (χ0) is 5.28. The van der Waals surface area contributed by atoms with Crippen molar-refractivity contribution in [3.05, 3.63) is 11.2 Å². The molecule has 3 heteroatoms. The third-order valence-corrected chi connectivity index (χ3v) is 1.23. The highest BCUT2D eigenvalue weighted by molar-refractivity contribution is 6.28. The quantitative estimate of drug-likeness (QED) is 0.460. The first kappa shape index (κ1) is 4.94. The Kier molecular flexibility index (Phi) is 1.21. The van der Waals surface area contributed by atoms with Crippen molar-refractivity contribution in [1.29, 1.82) is 0 Å². The monoisotopic (exact) mass is 117 g/mol. The molecule has 1 aliphatic rings. The number of hydrogen-bond acceptors (Lipinski definition) is 2. The van der Waals surface area contributed by atoms with Crippen LogP contribution in [0.3, 0.4) is 0 Å². The van der Waals surface area contributed by atoms with Crippen molar-refractivity contribution in [1.82, 2.24) is 10.4 Å². The molecular formula is C4H6ClN2. The minimum atomic E-state index is 0.653. The van der Waals surface area contributed by atoms with Gasteiger partial charge in [0.05, 0.1) is 0 Å². The lowest BCUT2D eigenvalue weighted by atomic mass is 10.6. The van der Waals surface area contributed by atoms with Gasteiger partial charge in [0.15, 0.2) is 0 Å². The van der Waals surface area contributed by atoms with E-state index in [4.69, 9.17) is 11.6 Å². The van der Waals surface area contributed by atoms with Crippen molar-refractivity contribution in [2.75, 3.05) is 13.6 Å². The maximum Gasteiger partial charge on any atom is 0.123 e. The predicted octanol–water partition coefficient (Wildman–Crippen LogP) is 0.320. The number of rotatable bonds is 0. The molecule has 1 radical (unpaired) electrons. The van der Waals surface area contributed by atoms with Gasteiger partial charge in [-0.25, -0.2) is 5.43 Å². The minimum Gasteiger partial charge on any atom is -0.301 e. The van der Waals surface area contributed by atoms with Crippen LogP contribution in [0.4, 0.5) is 0 Å². The largest absolute Gasteiger partial charge is 0.301 e. The van der Waals surface area contributed by atoms with Gasteiger partial charge in [-0.2, -0.15) is 0 Å². The van der Waals surface area contributed by atoms with Gasteiger partial charge < -0.3 is 5.01 Å². The van der Waals surface area contributed by atoms with E-state index in [0.29, 0.717) is 5.16 Å². The van der Waals surface area contributed by atoms with E-state index in [1.165, 1.54) is 0 Å². The highest BCUT2D eigenvalue weighted by atomic mass is 35.5. The van der Waals surface area contributed by atoms with Gasteiger partial charge in [0, 0.05) is 19.7 Å². The lowest BCUT2D eigenvalue weighted by Crippen LogP contribution is -2.25. The van der Waals surface area contributed by atoms with E-state index in [1.807, 2.05) is 7.05 Å². The van der Waals surface area contributed by atoms with Crippen LogP contribution in [0.5, 0.6) is 0 Å². The van der Waals surface area contributed by atoms with Gasteiger partial charge in [0.25, 0.3) is 0 Å². The fraction of sp³-hybridized carbons (Fsp3) is 0.500. The summed E-state index contributed by atoms with van der Waals surface area (Å²) in [5.74, 6) is 0. The Morgan fingerprint density at radius 1 is 2.00 bits per heavy atom. The van der Waals surface area contributed by atoms with Crippen molar-refractivity contribution in [3.63, 3.8) is 0 Å². The maximum absolute atomic E-state index is 5.53. The van der Waals surface area contributed by atoms with Gasteiger partial charge in [0.2, 0.25) is 0 Å². The van der Waals surface area contributed by atoms with E-state index in [9.17, 15) is 0 Å². The molecule has 1 rings (SSSR count). The molecule has 0 spiro atoms. The molecule has 0 unspecified atom stereocenters. The SMILES string of the molecule is CN1NC[C]=C1Cl. The Hall–Kier alpha value is -0.210. The molecule has 0 fully saturated rings. The standard InChI is InChI=1S/C4H6ClN2/c1-7-4(5)2-3-6-7/h6H,3H2,1H3. The first-order valence-electron chi connectivity index (χ1n) is 2.04. The minimum absolute atomic E-state index is 0.653. The summed E-state index contributed by atoms with van der Waals surface area (Å²) in [5, 5.41) is 2.38. The first-order valence-corrected chi connectivity index (χ1v) is 2.42. The van der Waals surface area contributed by atoms with E-state index in [0.717, 1.165) is 6.54 Å². The molecule has 0 saturated carbocycles. The number of hydrogen-bond donors (Lipinski definition) is 1. The van der Waals surface area contributed by atoms with Crippen molar-refractivity contribution in [2.45, 2.75) is 0 Å². The van der Waals surface area contributed by atoms with E-state index >= 15 is 0 Å². The van der Waals surface area contributed by atoms with Crippen molar-refractivity contribution in [2.24, 2.45) is 0 Å². The van der Waals surface area contributed by atoms with Crippen LogP contribution in [0.2, 0.25) is 0 Å². The number of halogens is 1. The second-order valence-electron chi connectivity index (χ2n) is 1.36. The molecule has 0 aliphatic carbocycles. The molecule has 7 heavy (non-hydrogen) atoms. The lowest BCUT2D eigenvalue weighted by molar-refractivity contribution is 0.364. The van der Waals surface area contributed by atoms with Crippen LogP contribution in [0.25, 0.3) is 0 Å². The molecule has 0 bridgehead atoms. The smallest absolute Gasteiger partial charge is 0.123 e. The molecule has 2 nitrogen and oxygen atoms in total. The van der Waals surface area contributed by atoms with Crippen molar-refractivity contribution < 1.29 is 0 Å². The Morgan fingerprint density at radius 3 is 2.86 bits per heavy atom. The van der Waals surface area contributed by atoms with E-state index in [-0.39, 0.29) is 0 Å². The van der Waals surface area contributed by atoms with Gasteiger partial charge >= 0.3 is 0 Å². The van der Waals surface area contributed by atoms with E-state index in [2.05, 4.69) is 11.5 Å². The summed E-state index contributed by atoms with van der Waals surface area (Å²) < 4.78 is 0. The van der Waals surface area contributed by atoms with Crippen LogP contribution in [-0.2, 0) is 0 Å². The van der Waals surface area contributed by atoms with Gasteiger partial charge in [-0.15, -0.1) is 0 Å². The average Bonchev–Trinajstić information content (AvgIpc) is 1.91. The van der Waals surface area contributed by atoms with E-state index in [1.54, 1.807) is 5.01 Å². The van der Waals surface area contributed by atoms with Crippen LogP contribution in [0, 0.1) is 6.08 Å². The zero-order valence-electron chi connectivity index (χ0n) is 4.03. The van der Waals surface area contributed by atoms with Gasteiger partial charge in [-0.05, 0) is 0 Å². The second-order valence-corrected chi connectivity index (χ2v) is 1.72. The molecule has 0 saturated heterocycles. The van der Waals surface area contributed by atoms with Crippen molar-refractivity contribution >= 4 is 11.6 Å². The second kappa shape index (κ2) is 1.72. The Morgan fingerprint density at radius 2 is 2.71 bits per heavy atom. The molecule has 39 valence electrons. The summed E-state index contributed by atoms with van der Waals surface area (Å²) in [7, 11) is 1.85. The van der Waals surface area contributed by atoms with Crippen LogP contribution in [0.15, 0.2) is 5.16 Å². The summed E-state index contributed by atoms with van der Waals surface area (Å²) in [4.78, 5) is 0. The maximum atomic E-state index is 5.53. The average molecular weight is 118 g/mol. The van der Waals surface area contributed by atoms with E-state index < -0.39 is 0 Å². The van der Waals surface area contributed by atoms with Gasteiger partial charge in [-0.3, -0.25) is 0 Å². The summed E-state index contributed by atoms with van der Waals surface area (Å²) >= 11 is 5.53. The highest BCUT2D eigenvalue weighted by Crippen LogP contribution is 2.05. The van der Waals surface area contributed by atoms with Crippen LogP contribution >= 0.6 is 11.6 Å². The first-order chi connectivity index (χ1) is 3.30. The third kappa shape index (κ3) is 0.868. The number of nitrogens with zero attached hydrogens (tertiary/aromatic N) is 1. The Balaban J connectivity index is 2.54. The fourth-order valence-electron chi connectivity index (χ4n) is 0.419. The van der Waals surface area contributed by atoms with Crippen molar-refractivity contribution in [3.8, 4) is 0 Å². The molecule has 1 N–H and O–H groups in total. The summed E-state index contributed by atoms with van der Waals surface area (Å²) in [6, 6.07) is 0. The molecule has 1 aliphatic heterocycles. The van der Waals surface area contributed by atoms with Gasteiger partial charge in [-0.1, -0.05) is 11.6 Å². The Bertz CT molecular complexity index is 99.9. The molecule has 0 aromatic carbocycles. The normalized spacial score (nSPS) is 20.3. The van der Waals surface area contributed by atoms with Crippen LogP contribution in [-0.4, -0.2) is 18.6 Å². The summed E-state index contributed by atoms with van der Waals surface area (Å²) in [6.45, 7) is 0.731. The topological polar surface area (TPSA) is 15.3 Å². The molecule has 1 heterocycles. The predicted molar refractivity (Wildman–Crippen MR) is 28.4 cm³/mol. The zero-order valence-corrected chi connectivity index (χ0v) is 4.79. The molecule has 0 amide bonds. The fourth-order valence-corrected chi connectivity index (χ4v) is 0.546. The number of hydrazine groups is 1. The third-order valence-electron chi connectivity index (χ3n) is 0.845. The molecular weight excluding hydrogens is 112 g/mol. The Labute approximate surface area is 47.7 Å². The van der Waals surface area contributed by atoms with Crippen LogP contribution in [0.1, 0.15) is 0 Å². The van der Waals surface area contributed by atoms with Crippen LogP contribution < -0.4 is 5.43 Å². The summed E-state index contributed by atoms with van der Waals surface area (Å²) in [6.07, 6.45) is 2.87. The lowest BCUT2D eigenvalue weighted by Gasteiger charge is -2.08. The molecule has 0 atom stereocenters. The summed E-state index contributed by atoms with van der Waals surface area (Å²) in [5.41, 5.74) is 2.92. The molecule has 0 aromatic heterocycles. The highest BCUT2D eigenvalue weighted by Gasteiger charge is 2.04. The molecule has 0 aromatic rings. The number of nitrogens with one attached hydrogen (secondary N) is 1. The van der Waals surface area contributed by atoms with Gasteiger partial charge in [0.1, 0.15) is 5.16 Å².